The Morgan fingerprint density at radius 2 is 1.82 bits per heavy atom. The predicted molar refractivity (Wildman–Crippen MR) is 66.0 cm³/mol. The molecule has 0 aromatic heterocycles. The fraction of sp³-hybridized carbons (Fsp3) is 0.846. The first-order chi connectivity index (χ1) is 7.70. The van der Waals surface area contributed by atoms with Gasteiger partial charge in [0.2, 0.25) is 0 Å². The van der Waals surface area contributed by atoms with Gasteiger partial charge in [0.15, 0.2) is 0 Å². The molecule has 0 aromatic rings. The smallest absolute Gasteiger partial charge is 0.408 e. The van der Waals surface area contributed by atoms with Crippen LogP contribution in [-0.4, -0.2) is 33.5 Å². The van der Waals surface area contributed by atoms with Crippen LogP contribution in [0.5, 0.6) is 0 Å². The van der Waals surface area contributed by atoms with Gasteiger partial charge in [0.05, 0.1) is 0 Å². The zero-order valence-electron chi connectivity index (χ0n) is 11.2. The predicted octanol–water partition coefficient (Wildman–Crippen LogP) is 2.91. The number of nitrogens with zero attached hydrogens (tertiary/aromatic N) is 1. The summed E-state index contributed by atoms with van der Waals surface area (Å²) in [7, 11) is 0. The van der Waals surface area contributed by atoms with Crippen LogP contribution < -0.4 is 0 Å². The highest BCUT2D eigenvalue weighted by atomic mass is 16.4. The lowest BCUT2D eigenvalue weighted by molar-refractivity contribution is -0.113. The van der Waals surface area contributed by atoms with E-state index in [9.17, 15) is 14.7 Å². The normalized spacial score (nSPS) is 29.8. The molecule has 1 amide bonds. The topological polar surface area (TPSA) is 57.6 Å². The lowest BCUT2D eigenvalue weighted by Crippen LogP contribution is -2.59. The molecule has 1 saturated carbocycles. The standard InChI is InChI=1S/C13H23NO3/c1-12(2,3)14(11(16)17)13(4)7-5-10(9-15)6-8-13/h9-10H,5-8H2,1-4H3,(H,16,17). The van der Waals surface area contributed by atoms with Gasteiger partial charge < -0.3 is 9.90 Å². The van der Waals surface area contributed by atoms with Crippen LogP contribution in [-0.2, 0) is 4.79 Å². The molecule has 0 aliphatic heterocycles. The number of carboxylic acid groups (broad SMARTS) is 1. The van der Waals surface area contributed by atoms with Gasteiger partial charge in [-0.05, 0) is 53.4 Å². The van der Waals surface area contributed by atoms with Gasteiger partial charge in [-0.1, -0.05) is 0 Å². The molecule has 0 aromatic carbocycles. The zero-order valence-corrected chi connectivity index (χ0v) is 11.2. The molecule has 0 spiro atoms. The minimum absolute atomic E-state index is 0.110. The van der Waals surface area contributed by atoms with Crippen LogP contribution >= 0.6 is 0 Å². The fourth-order valence-electron chi connectivity index (χ4n) is 2.95. The zero-order chi connectivity index (χ0) is 13.3. The molecule has 1 rings (SSSR count). The number of rotatable bonds is 2. The van der Waals surface area contributed by atoms with Gasteiger partial charge >= 0.3 is 6.09 Å². The average Bonchev–Trinajstić information content (AvgIpc) is 2.15. The maximum absolute atomic E-state index is 11.5. The summed E-state index contributed by atoms with van der Waals surface area (Å²) < 4.78 is 0. The van der Waals surface area contributed by atoms with Crippen molar-refractivity contribution in [3.63, 3.8) is 0 Å². The molecular weight excluding hydrogens is 218 g/mol. The van der Waals surface area contributed by atoms with E-state index in [1.807, 2.05) is 27.7 Å². The van der Waals surface area contributed by atoms with E-state index in [2.05, 4.69) is 0 Å². The molecule has 0 radical (unpaired) electrons. The van der Waals surface area contributed by atoms with Crippen LogP contribution in [0.3, 0.4) is 0 Å². The summed E-state index contributed by atoms with van der Waals surface area (Å²) in [5.41, 5.74) is -0.752. The van der Waals surface area contributed by atoms with Gasteiger partial charge in [-0.3, -0.25) is 4.90 Å². The SMILES string of the molecule is CC(C)(C)N(C(=O)O)C1(C)CCC(C=O)CC1. The van der Waals surface area contributed by atoms with Gasteiger partial charge in [0.1, 0.15) is 6.29 Å². The Bertz CT molecular complexity index is 298. The molecule has 0 heterocycles. The maximum atomic E-state index is 11.5. The lowest BCUT2D eigenvalue weighted by atomic mass is 9.75. The van der Waals surface area contributed by atoms with E-state index in [0.29, 0.717) is 0 Å². The Balaban J connectivity index is 2.88. The van der Waals surface area contributed by atoms with E-state index in [-0.39, 0.29) is 11.5 Å². The van der Waals surface area contributed by atoms with Crippen molar-refractivity contribution in [3.8, 4) is 0 Å². The summed E-state index contributed by atoms with van der Waals surface area (Å²) >= 11 is 0. The summed E-state index contributed by atoms with van der Waals surface area (Å²) in [6.07, 6.45) is 3.24. The van der Waals surface area contributed by atoms with Gasteiger partial charge in [0, 0.05) is 17.0 Å². The third-order valence-electron chi connectivity index (χ3n) is 3.70. The lowest BCUT2D eigenvalue weighted by Gasteiger charge is -2.49. The van der Waals surface area contributed by atoms with Crippen LogP contribution in [0.1, 0.15) is 53.4 Å². The molecule has 0 bridgehead atoms. The van der Waals surface area contributed by atoms with E-state index >= 15 is 0 Å². The first-order valence-corrected chi connectivity index (χ1v) is 6.19. The summed E-state index contributed by atoms with van der Waals surface area (Å²) in [6, 6.07) is 0. The van der Waals surface area contributed by atoms with Crippen LogP contribution in [0.4, 0.5) is 4.79 Å². The summed E-state index contributed by atoms with van der Waals surface area (Å²) in [5.74, 6) is 0.110. The number of aldehydes is 1. The number of amides is 1. The Morgan fingerprint density at radius 1 is 1.35 bits per heavy atom. The van der Waals surface area contributed by atoms with E-state index < -0.39 is 11.6 Å². The van der Waals surface area contributed by atoms with Gasteiger partial charge in [-0.2, -0.15) is 0 Å². The molecule has 4 nitrogen and oxygen atoms in total. The van der Waals surface area contributed by atoms with Crippen molar-refractivity contribution in [3.05, 3.63) is 0 Å². The Morgan fingerprint density at radius 3 is 2.12 bits per heavy atom. The monoisotopic (exact) mass is 241 g/mol. The molecule has 98 valence electrons. The minimum Gasteiger partial charge on any atom is -0.465 e. The number of hydrogen-bond donors (Lipinski definition) is 1. The van der Waals surface area contributed by atoms with Crippen molar-refractivity contribution in [2.45, 2.75) is 64.5 Å². The summed E-state index contributed by atoms with van der Waals surface area (Å²) in [6.45, 7) is 7.74. The van der Waals surface area contributed by atoms with Crippen molar-refractivity contribution in [2.24, 2.45) is 5.92 Å². The van der Waals surface area contributed by atoms with Crippen LogP contribution in [0.25, 0.3) is 0 Å². The van der Waals surface area contributed by atoms with Crippen molar-refractivity contribution in [1.29, 1.82) is 0 Å². The molecule has 0 unspecified atom stereocenters. The number of carbonyl (C=O) groups excluding carboxylic acids is 1. The third kappa shape index (κ3) is 2.99. The van der Waals surface area contributed by atoms with Gasteiger partial charge in [0.25, 0.3) is 0 Å². The first kappa shape index (κ1) is 14.0. The minimum atomic E-state index is -0.871. The molecule has 1 fully saturated rings. The molecule has 1 N–H and O–H groups in total. The largest absolute Gasteiger partial charge is 0.465 e. The first-order valence-electron chi connectivity index (χ1n) is 6.19. The third-order valence-corrected chi connectivity index (χ3v) is 3.70. The van der Waals surface area contributed by atoms with Crippen LogP contribution in [0, 0.1) is 5.92 Å². The van der Waals surface area contributed by atoms with E-state index in [1.54, 1.807) is 4.90 Å². The molecule has 1 aliphatic rings. The molecule has 4 heteroatoms. The maximum Gasteiger partial charge on any atom is 0.408 e. The Kier molecular flexibility index (Phi) is 3.84. The average molecular weight is 241 g/mol. The molecule has 17 heavy (non-hydrogen) atoms. The Hall–Kier alpha value is -1.06. The van der Waals surface area contributed by atoms with E-state index in [0.717, 1.165) is 32.0 Å². The van der Waals surface area contributed by atoms with Crippen LogP contribution in [0.2, 0.25) is 0 Å². The molecule has 0 saturated heterocycles. The Labute approximate surface area is 103 Å². The number of carbonyl (C=O) groups is 2. The van der Waals surface area contributed by atoms with Crippen molar-refractivity contribution < 1.29 is 14.7 Å². The highest BCUT2D eigenvalue weighted by Gasteiger charge is 2.43. The van der Waals surface area contributed by atoms with E-state index in [4.69, 9.17) is 0 Å². The molecule has 1 aliphatic carbocycles. The highest BCUT2D eigenvalue weighted by molar-refractivity contribution is 5.67. The quantitative estimate of drug-likeness (QED) is 0.756. The molecule has 0 atom stereocenters. The van der Waals surface area contributed by atoms with E-state index in [1.165, 1.54) is 0 Å². The van der Waals surface area contributed by atoms with Crippen molar-refractivity contribution in [2.75, 3.05) is 0 Å². The second-order valence-electron chi connectivity index (χ2n) is 6.26. The number of hydrogen-bond acceptors (Lipinski definition) is 2. The summed E-state index contributed by atoms with van der Waals surface area (Å²) in [4.78, 5) is 23.8. The van der Waals surface area contributed by atoms with Gasteiger partial charge in [-0.25, -0.2) is 4.79 Å². The fourth-order valence-corrected chi connectivity index (χ4v) is 2.95. The molecular formula is C13H23NO3. The van der Waals surface area contributed by atoms with Crippen molar-refractivity contribution in [1.82, 2.24) is 4.90 Å². The van der Waals surface area contributed by atoms with Gasteiger partial charge in [-0.15, -0.1) is 0 Å². The van der Waals surface area contributed by atoms with Crippen LogP contribution in [0.15, 0.2) is 0 Å². The second-order valence-corrected chi connectivity index (χ2v) is 6.26. The highest BCUT2D eigenvalue weighted by Crippen LogP contribution is 2.39. The second kappa shape index (κ2) is 4.67. The van der Waals surface area contributed by atoms with Crippen molar-refractivity contribution >= 4 is 12.4 Å². The summed E-state index contributed by atoms with van der Waals surface area (Å²) in [5, 5.41) is 9.41.